The molecule has 0 bridgehead atoms. The van der Waals surface area contributed by atoms with Crippen LogP contribution in [0.1, 0.15) is 29.8 Å². The van der Waals surface area contributed by atoms with Crippen LogP contribution in [0, 0.1) is 5.92 Å². The monoisotopic (exact) mass is 423 g/mol. The third-order valence-corrected chi connectivity index (χ3v) is 5.45. The summed E-state index contributed by atoms with van der Waals surface area (Å²) in [4.78, 5) is 25.4. The van der Waals surface area contributed by atoms with Crippen molar-refractivity contribution in [2.24, 2.45) is 11.0 Å². The lowest BCUT2D eigenvalue weighted by Crippen LogP contribution is -2.48. The topological polar surface area (TPSA) is 70.6 Å². The number of carbonyl (C=O) groups is 2. The molecular formula is C27H25N3O2. The Labute approximate surface area is 187 Å². The van der Waals surface area contributed by atoms with Gasteiger partial charge in [-0.1, -0.05) is 80.6 Å². The molecule has 1 atom stereocenters. The summed E-state index contributed by atoms with van der Waals surface area (Å²) in [6, 6.07) is 26.5. The second-order valence-corrected chi connectivity index (χ2v) is 8.03. The lowest BCUT2D eigenvalue weighted by Gasteiger charge is -2.20. The van der Waals surface area contributed by atoms with Gasteiger partial charge < -0.3 is 5.32 Å². The zero-order chi connectivity index (χ0) is 22.5. The molecule has 0 aromatic heterocycles. The maximum absolute atomic E-state index is 12.8. The SMILES string of the molecule is CC(C)C(NC(=O)c1ccccc1)C(=O)NN=Cc1c2ccccc2cc2ccccc12. The second-order valence-electron chi connectivity index (χ2n) is 8.03. The van der Waals surface area contributed by atoms with E-state index < -0.39 is 6.04 Å². The van der Waals surface area contributed by atoms with E-state index in [-0.39, 0.29) is 17.7 Å². The number of nitrogens with zero attached hydrogens (tertiary/aromatic N) is 1. The number of rotatable bonds is 6. The Morgan fingerprint density at radius 2 is 1.38 bits per heavy atom. The Kier molecular flexibility index (Phi) is 6.26. The van der Waals surface area contributed by atoms with Crippen LogP contribution in [-0.2, 0) is 4.79 Å². The number of hydrazone groups is 1. The molecule has 2 amide bonds. The summed E-state index contributed by atoms with van der Waals surface area (Å²) >= 11 is 0. The Bertz CT molecular complexity index is 1240. The van der Waals surface area contributed by atoms with E-state index in [1.807, 2.05) is 56.3 Å². The standard InChI is InChI=1S/C27H25N3O2/c1-18(2)25(29-26(31)19-10-4-3-5-11-19)27(32)30-28-17-24-22-14-8-6-12-20(22)16-21-13-7-9-15-23(21)24/h3-18,25H,1-2H3,(H,29,31)(H,30,32). The summed E-state index contributed by atoms with van der Waals surface area (Å²) in [5, 5.41) is 11.4. The largest absolute Gasteiger partial charge is 0.340 e. The smallest absolute Gasteiger partial charge is 0.262 e. The molecule has 32 heavy (non-hydrogen) atoms. The Balaban J connectivity index is 1.56. The predicted octanol–water partition coefficient (Wildman–Crippen LogP) is 4.90. The number of nitrogens with one attached hydrogen (secondary N) is 2. The summed E-state index contributed by atoms with van der Waals surface area (Å²) in [6.45, 7) is 3.77. The molecule has 5 heteroatoms. The van der Waals surface area contributed by atoms with Crippen LogP contribution in [0.3, 0.4) is 0 Å². The van der Waals surface area contributed by atoms with Gasteiger partial charge in [0.25, 0.3) is 11.8 Å². The minimum Gasteiger partial charge on any atom is -0.340 e. The van der Waals surface area contributed by atoms with Gasteiger partial charge in [0.05, 0.1) is 6.21 Å². The highest BCUT2D eigenvalue weighted by Crippen LogP contribution is 2.27. The Morgan fingerprint density at radius 3 is 1.97 bits per heavy atom. The van der Waals surface area contributed by atoms with E-state index in [0.29, 0.717) is 5.56 Å². The van der Waals surface area contributed by atoms with Crippen LogP contribution in [0.15, 0.2) is 90.0 Å². The van der Waals surface area contributed by atoms with Crippen LogP contribution >= 0.6 is 0 Å². The van der Waals surface area contributed by atoms with E-state index in [9.17, 15) is 9.59 Å². The molecule has 0 aliphatic heterocycles. The molecule has 0 saturated heterocycles. The molecule has 5 nitrogen and oxygen atoms in total. The molecular weight excluding hydrogens is 398 g/mol. The van der Waals surface area contributed by atoms with Crippen molar-refractivity contribution in [3.8, 4) is 0 Å². The second kappa shape index (κ2) is 9.43. The highest BCUT2D eigenvalue weighted by molar-refractivity contribution is 6.13. The maximum Gasteiger partial charge on any atom is 0.262 e. The third kappa shape index (κ3) is 4.52. The summed E-state index contributed by atoms with van der Waals surface area (Å²) in [6.07, 6.45) is 1.68. The van der Waals surface area contributed by atoms with E-state index in [2.05, 4.69) is 34.0 Å². The normalized spacial score (nSPS) is 12.3. The first kappa shape index (κ1) is 21.2. The summed E-state index contributed by atoms with van der Waals surface area (Å²) in [7, 11) is 0. The van der Waals surface area contributed by atoms with Gasteiger partial charge in [-0.2, -0.15) is 5.10 Å². The number of amides is 2. The molecule has 0 saturated carbocycles. The van der Waals surface area contributed by atoms with Crippen LogP contribution in [0.5, 0.6) is 0 Å². The van der Waals surface area contributed by atoms with Gasteiger partial charge >= 0.3 is 0 Å². The van der Waals surface area contributed by atoms with Crippen molar-refractivity contribution < 1.29 is 9.59 Å². The lowest BCUT2D eigenvalue weighted by atomic mass is 9.97. The van der Waals surface area contributed by atoms with Crippen molar-refractivity contribution in [3.05, 3.63) is 96.1 Å². The van der Waals surface area contributed by atoms with Gasteiger partial charge in [-0.05, 0) is 45.7 Å². The van der Waals surface area contributed by atoms with Crippen LogP contribution in [0.25, 0.3) is 21.5 Å². The lowest BCUT2D eigenvalue weighted by molar-refractivity contribution is -0.123. The van der Waals surface area contributed by atoms with Gasteiger partial charge in [0, 0.05) is 11.1 Å². The highest BCUT2D eigenvalue weighted by Gasteiger charge is 2.24. The van der Waals surface area contributed by atoms with Crippen LogP contribution in [0.2, 0.25) is 0 Å². The van der Waals surface area contributed by atoms with E-state index >= 15 is 0 Å². The fraction of sp³-hybridized carbons (Fsp3) is 0.148. The van der Waals surface area contributed by atoms with Crippen molar-refractivity contribution in [1.82, 2.24) is 10.7 Å². The first-order chi connectivity index (χ1) is 15.5. The Hall–Kier alpha value is -3.99. The third-order valence-electron chi connectivity index (χ3n) is 5.45. The fourth-order valence-electron chi connectivity index (χ4n) is 3.77. The molecule has 4 rings (SSSR count). The van der Waals surface area contributed by atoms with Crippen LogP contribution in [-0.4, -0.2) is 24.1 Å². The summed E-state index contributed by atoms with van der Waals surface area (Å²) < 4.78 is 0. The summed E-state index contributed by atoms with van der Waals surface area (Å²) in [5.74, 6) is -0.746. The molecule has 1 unspecified atom stereocenters. The first-order valence-corrected chi connectivity index (χ1v) is 10.6. The maximum atomic E-state index is 12.8. The molecule has 4 aromatic carbocycles. The van der Waals surface area contributed by atoms with Gasteiger partial charge in [0.1, 0.15) is 6.04 Å². The van der Waals surface area contributed by atoms with Crippen LogP contribution in [0.4, 0.5) is 0 Å². The molecule has 160 valence electrons. The van der Waals surface area contributed by atoms with E-state index in [1.165, 1.54) is 0 Å². The van der Waals surface area contributed by atoms with Crippen LogP contribution < -0.4 is 10.7 Å². The predicted molar refractivity (Wildman–Crippen MR) is 130 cm³/mol. The molecule has 0 spiro atoms. The fourth-order valence-corrected chi connectivity index (χ4v) is 3.77. The molecule has 0 aliphatic carbocycles. The average Bonchev–Trinajstić information content (AvgIpc) is 2.82. The Morgan fingerprint density at radius 1 is 0.812 bits per heavy atom. The van der Waals surface area contributed by atoms with Crippen molar-refractivity contribution in [1.29, 1.82) is 0 Å². The molecule has 2 N–H and O–H groups in total. The number of benzene rings is 4. The van der Waals surface area contributed by atoms with Crippen molar-refractivity contribution >= 4 is 39.6 Å². The van der Waals surface area contributed by atoms with Gasteiger partial charge in [-0.3, -0.25) is 9.59 Å². The van der Waals surface area contributed by atoms with Gasteiger partial charge in [-0.15, -0.1) is 0 Å². The van der Waals surface area contributed by atoms with Gasteiger partial charge in [0.2, 0.25) is 0 Å². The van der Waals surface area contributed by atoms with Crippen molar-refractivity contribution in [3.63, 3.8) is 0 Å². The van der Waals surface area contributed by atoms with E-state index in [4.69, 9.17) is 0 Å². The highest BCUT2D eigenvalue weighted by atomic mass is 16.2. The quantitative estimate of drug-likeness (QED) is 0.263. The summed E-state index contributed by atoms with van der Waals surface area (Å²) in [5.41, 5.74) is 4.06. The van der Waals surface area contributed by atoms with E-state index in [1.54, 1.807) is 30.5 Å². The first-order valence-electron chi connectivity index (χ1n) is 10.6. The minimum atomic E-state index is -0.705. The zero-order valence-corrected chi connectivity index (χ0v) is 18.1. The van der Waals surface area contributed by atoms with Gasteiger partial charge in [-0.25, -0.2) is 5.43 Å². The molecule has 0 heterocycles. The number of fused-ring (bicyclic) bond motifs is 2. The zero-order valence-electron chi connectivity index (χ0n) is 18.1. The minimum absolute atomic E-state index is 0.101. The van der Waals surface area contributed by atoms with Gasteiger partial charge in [0.15, 0.2) is 0 Å². The number of carbonyl (C=O) groups excluding carboxylic acids is 2. The molecule has 0 radical (unpaired) electrons. The number of hydrogen-bond acceptors (Lipinski definition) is 3. The van der Waals surface area contributed by atoms with Crippen molar-refractivity contribution in [2.75, 3.05) is 0 Å². The average molecular weight is 424 g/mol. The van der Waals surface area contributed by atoms with Crippen molar-refractivity contribution in [2.45, 2.75) is 19.9 Å². The molecule has 0 fully saturated rings. The molecule has 0 aliphatic rings. The number of hydrogen-bond donors (Lipinski definition) is 2. The molecule has 4 aromatic rings. The van der Waals surface area contributed by atoms with E-state index in [0.717, 1.165) is 27.1 Å².